The molecular weight excluding hydrogens is 415 g/mol. The third-order valence-corrected chi connectivity index (χ3v) is 5.27. The van der Waals surface area contributed by atoms with Crippen molar-refractivity contribution in [3.05, 3.63) is 69.7 Å². The van der Waals surface area contributed by atoms with Gasteiger partial charge in [-0.1, -0.05) is 47.5 Å². The highest BCUT2D eigenvalue weighted by atomic mass is 35.5. The van der Waals surface area contributed by atoms with Gasteiger partial charge in [0.2, 0.25) is 11.8 Å². The number of rotatable bonds is 7. The fourth-order valence-electron chi connectivity index (χ4n) is 3.33. The van der Waals surface area contributed by atoms with Crippen molar-refractivity contribution in [2.24, 2.45) is 11.7 Å². The van der Waals surface area contributed by atoms with Gasteiger partial charge in [0.05, 0.1) is 18.9 Å². The Balaban J connectivity index is 1.77. The van der Waals surface area contributed by atoms with Crippen molar-refractivity contribution >= 4 is 41.0 Å². The topological polar surface area (TPSA) is 89.7 Å². The van der Waals surface area contributed by atoms with Crippen molar-refractivity contribution in [1.29, 1.82) is 0 Å². The second-order valence-corrected chi connectivity index (χ2v) is 7.75. The summed E-state index contributed by atoms with van der Waals surface area (Å²) in [6.07, 6.45) is -0.260. The first-order chi connectivity index (χ1) is 13.8. The van der Waals surface area contributed by atoms with Crippen molar-refractivity contribution < 1.29 is 19.1 Å². The van der Waals surface area contributed by atoms with E-state index in [1.807, 2.05) is 12.1 Å². The summed E-state index contributed by atoms with van der Waals surface area (Å²) in [6.45, 7) is 0.0475. The first-order valence-corrected chi connectivity index (χ1v) is 9.85. The van der Waals surface area contributed by atoms with E-state index in [-0.39, 0.29) is 25.4 Å². The molecule has 1 heterocycles. The number of esters is 1. The van der Waals surface area contributed by atoms with Crippen LogP contribution in [0.4, 0.5) is 0 Å². The Morgan fingerprint density at radius 1 is 1.03 bits per heavy atom. The second-order valence-electron chi connectivity index (χ2n) is 6.88. The first kappa shape index (κ1) is 21.1. The van der Waals surface area contributed by atoms with Gasteiger partial charge >= 0.3 is 5.97 Å². The number of carbonyl (C=O) groups is 3. The summed E-state index contributed by atoms with van der Waals surface area (Å²) in [6, 6.07) is 14.0. The van der Waals surface area contributed by atoms with E-state index in [0.717, 1.165) is 5.56 Å². The molecule has 152 valence electrons. The van der Waals surface area contributed by atoms with E-state index in [9.17, 15) is 14.4 Å². The predicted octanol–water partition coefficient (Wildman–Crippen LogP) is 3.15. The van der Waals surface area contributed by atoms with Crippen LogP contribution in [0.3, 0.4) is 0 Å². The quantitative estimate of drug-likeness (QED) is 0.677. The number of halogens is 2. The molecule has 0 bridgehead atoms. The molecule has 0 aromatic heterocycles. The number of nitrogens with two attached hydrogens (primary N) is 1. The van der Waals surface area contributed by atoms with E-state index in [1.54, 1.807) is 36.4 Å². The highest BCUT2D eigenvalue weighted by molar-refractivity contribution is 6.30. The minimum atomic E-state index is -0.728. The lowest BCUT2D eigenvalue weighted by molar-refractivity contribution is -0.143. The Labute approximate surface area is 178 Å². The van der Waals surface area contributed by atoms with Crippen molar-refractivity contribution in [3.8, 4) is 0 Å². The van der Waals surface area contributed by atoms with E-state index in [0.29, 0.717) is 22.0 Å². The number of hydrogen-bond donors (Lipinski definition) is 1. The average Bonchev–Trinajstić information content (AvgIpc) is 3.08. The molecule has 0 aliphatic carbocycles. The minimum Gasteiger partial charge on any atom is -0.457 e. The Hall–Kier alpha value is -2.57. The van der Waals surface area contributed by atoms with Crippen LogP contribution < -0.4 is 5.73 Å². The zero-order valence-corrected chi connectivity index (χ0v) is 17.0. The largest absolute Gasteiger partial charge is 0.457 e. The minimum absolute atomic E-state index is 0.0532. The Bertz CT molecular complexity index is 900. The van der Waals surface area contributed by atoms with Gasteiger partial charge in [0.1, 0.15) is 6.10 Å². The molecule has 29 heavy (non-hydrogen) atoms. The zero-order valence-electron chi connectivity index (χ0n) is 15.5. The molecule has 1 saturated heterocycles. The molecule has 1 aliphatic heterocycles. The second kappa shape index (κ2) is 9.29. The van der Waals surface area contributed by atoms with Crippen LogP contribution in [-0.2, 0) is 25.5 Å². The number of benzene rings is 2. The third-order valence-electron chi connectivity index (χ3n) is 4.77. The highest BCUT2D eigenvalue weighted by Gasteiger charge is 2.42. The highest BCUT2D eigenvalue weighted by Crippen LogP contribution is 2.37. The molecule has 6 nitrogen and oxygen atoms in total. The van der Waals surface area contributed by atoms with Gasteiger partial charge in [-0.15, -0.1) is 0 Å². The van der Waals surface area contributed by atoms with Crippen LogP contribution in [0, 0.1) is 5.92 Å². The van der Waals surface area contributed by atoms with Crippen LogP contribution >= 0.6 is 23.2 Å². The molecule has 3 rings (SSSR count). The lowest BCUT2D eigenvalue weighted by atomic mass is 9.93. The molecule has 2 N–H and O–H groups in total. The number of primary amides is 1. The maximum absolute atomic E-state index is 13.2. The lowest BCUT2D eigenvalue weighted by Crippen LogP contribution is -2.43. The van der Waals surface area contributed by atoms with Crippen molar-refractivity contribution in [3.63, 3.8) is 0 Å². The van der Waals surface area contributed by atoms with Gasteiger partial charge in [-0.3, -0.25) is 14.4 Å². The summed E-state index contributed by atoms with van der Waals surface area (Å²) in [7, 11) is 0. The number of cyclic esters (lactones) is 1. The Kier molecular flexibility index (Phi) is 6.77. The summed E-state index contributed by atoms with van der Waals surface area (Å²) in [5, 5.41) is 1.16. The monoisotopic (exact) mass is 434 g/mol. The molecular formula is C21H20Cl2N2O4. The molecule has 8 heteroatoms. The molecule has 1 aliphatic rings. The van der Waals surface area contributed by atoms with Gasteiger partial charge in [0.15, 0.2) is 0 Å². The van der Waals surface area contributed by atoms with Crippen LogP contribution in [0.5, 0.6) is 0 Å². The van der Waals surface area contributed by atoms with E-state index in [4.69, 9.17) is 33.7 Å². The summed E-state index contributed by atoms with van der Waals surface area (Å²) in [4.78, 5) is 38.1. The summed E-state index contributed by atoms with van der Waals surface area (Å²) < 4.78 is 5.39. The first-order valence-electron chi connectivity index (χ1n) is 9.10. The molecule has 1 fully saturated rings. The predicted molar refractivity (Wildman–Crippen MR) is 109 cm³/mol. The third kappa shape index (κ3) is 5.49. The number of hydrogen-bond acceptors (Lipinski definition) is 4. The van der Waals surface area contributed by atoms with Crippen molar-refractivity contribution in [1.82, 2.24) is 4.90 Å². The van der Waals surface area contributed by atoms with Gasteiger partial charge in [0.25, 0.3) is 0 Å². The van der Waals surface area contributed by atoms with Crippen LogP contribution in [-0.4, -0.2) is 35.8 Å². The maximum atomic E-state index is 13.2. The summed E-state index contributed by atoms with van der Waals surface area (Å²) >= 11 is 11.8. The summed E-state index contributed by atoms with van der Waals surface area (Å²) in [5.74, 6) is -2.15. The van der Waals surface area contributed by atoms with Crippen molar-refractivity contribution in [2.45, 2.75) is 18.9 Å². The molecule has 2 aromatic rings. The zero-order chi connectivity index (χ0) is 21.0. The normalized spacial score (nSPS) is 18.3. The van der Waals surface area contributed by atoms with E-state index in [1.165, 1.54) is 4.90 Å². The van der Waals surface area contributed by atoms with Crippen LogP contribution in [0.15, 0.2) is 48.5 Å². The molecule has 0 unspecified atom stereocenters. The van der Waals surface area contributed by atoms with E-state index in [2.05, 4.69) is 0 Å². The number of carbonyl (C=O) groups excluding carboxylic acids is 3. The number of amides is 2. The number of ether oxygens (including phenoxy) is 1. The molecule has 2 aromatic carbocycles. The van der Waals surface area contributed by atoms with Gasteiger partial charge in [0, 0.05) is 16.6 Å². The van der Waals surface area contributed by atoms with Crippen LogP contribution in [0.1, 0.15) is 23.7 Å². The van der Waals surface area contributed by atoms with Crippen LogP contribution in [0.25, 0.3) is 0 Å². The lowest BCUT2D eigenvalue weighted by Gasteiger charge is -2.26. The average molecular weight is 435 g/mol. The fraction of sp³-hybridized carbons (Fsp3) is 0.286. The smallest absolute Gasteiger partial charge is 0.307 e. The standard InChI is InChI=1S/C21H20Cl2N2O4/c22-15-5-1-13(2-6-15)9-10-25(12-18(24)26)21(28)17-11-19(27)29-20(17)14-3-7-16(23)8-4-14/h1-8,17,20H,9-12H2,(H2,24,26)/t17-,20-/m0/s1. The summed E-state index contributed by atoms with van der Waals surface area (Å²) in [5.41, 5.74) is 6.98. The molecule has 2 atom stereocenters. The van der Waals surface area contributed by atoms with E-state index >= 15 is 0 Å². The fourth-order valence-corrected chi connectivity index (χ4v) is 3.58. The van der Waals surface area contributed by atoms with Crippen LogP contribution in [0.2, 0.25) is 10.0 Å². The van der Waals surface area contributed by atoms with Gasteiger partial charge < -0.3 is 15.4 Å². The number of nitrogens with zero attached hydrogens (tertiary/aromatic N) is 1. The molecule has 0 saturated carbocycles. The molecule has 0 spiro atoms. The SMILES string of the molecule is NC(=O)CN(CCc1ccc(Cl)cc1)C(=O)[C@H]1CC(=O)O[C@H]1c1ccc(Cl)cc1. The van der Waals surface area contributed by atoms with Crippen molar-refractivity contribution in [2.75, 3.05) is 13.1 Å². The molecule has 0 radical (unpaired) electrons. The Morgan fingerprint density at radius 2 is 1.62 bits per heavy atom. The van der Waals surface area contributed by atoms with E-state index < -0.39 is 23.9 Å². The van der Waals surface area contributed by atoms with Gasteiger partial charge in [-0.2, -0.15) is 0 Å². The van der Waals surface area contributed by atoms with Gasteiger partial charge in [-0.05, 0) is 41.8 Å². The molecule has 2 amide bonds. The van der Waals surface area contributed by atoms with Gasteiger partial charge in [-0.25, -0.2) is 0 Å². The Morgan fingerprint density at radius 3 is 2.21 bits per heavy atom. The maximum Gasteiger partial charge on any atom is 0.307 e.